The summed E-state index contributed by atoms with van der Waals surface area (Å²) in [6, 6.07) is 14.4. The predicted octanol–water partition coefficient (Wildman–Crippen LogP) is 5.31. The van der Waals surface area contributed by atoms with Gasteiger partial charge in [0.05, 0.1) is 12.7 Å². The first-order chi connectivity index (χ1) is 14.0. The van der Waals surface area contributed by atoms with Crippen LogP contribution in [0.25, 0.3) is 17.3 Å². The van der Waals surface area contributed by atoms with Crippen LogP contribution in [0.2, 0.25) is 5.02 Å². The Balaban J connectivity index is 1.74. The molecule has 3 heterocycles. The van der Waals surface area contributed by atoms with E-state index in [4.69, 9.17) is 11.6 Å². The third-order valence-electron chi connectivity index (χ3n) is 5.33. The Bertz CT molecular complexity index is 1170. The van der Waals surface area contributed by atoms with Crippen molar-refractivity contribution in [1.29, 1.82) is 0 Å². The Morgan fingerprint density at radius 2 is 1.83 bits per heavy atom. The van der Waals surface area contributed by atoms with Crippen LogP contribution in [0.1, 0.15) is 18.9 Å². The van der Waals surface area contributed by atoms with Crippen LogP contribution in [0.5, 0.6) is 0 Å². The molecule has 8 heteroatoms. The zero-order valence-electron chi connectivity index (χ0n) is 15.8. The largest absolute Gasteiger partial charge is 0.609 e. The van der Waals surface area contributed by atoms with Gasteiger partial charge in [-0.15, -0.1) is 0 Å². The highest BCUT2D eigenvalue weighted by Crippen LogP contribution is 2.36. The molecular formula is C21H18BClF2N4. The number of halogens is 3. The molecule has 2 aliphatic rings. The van der Waals surface area contributed by atoms with Gasteiger partial charge in [0.1, 0.15) is 5.69 Å². The minimum atomic E-state index is -4.10. The number of benzene rings is 2. The average molecular weight is 411 g/mol. The van der Waals surface area contributed by atoms with Crippen LogP contribution in [0, 0.1) is 0 Å². The minimum absolute atomic E-state index is 0.256. The van der Waals surface area contributed by atoms with Gasteiger partial charge < -0.3 is 17.9 Å². The quantitative estimate of drug-likeness (QED) is 0.537. The molecule has 1 aromatic heterocycles. The van der Waals surface area contributed by atoms with Crippen molar-refractivity contribution in [2.45, 2.75) is 19.9 Å². The Morgan fingerprint density at radius 3 is 2.59 bits per heavy atom. The molecule has 2 aromatic carbocycles. The van der Waals surface area contributed by atoms with Crippen molar-refractivity contribution in [3.63, 3.8) is 0 Å². The molecule has 0 radical (unpaired) electrons. The Morgan fingerprint density at radius 1 is 1.07 bits per heavy atom. The highest BCUT2D eigenvalue weighted by molar-refractivity contribution is 6.68. The predicted molar refractivity (Wildman–Crippen MR) is 114 cm³/mol. The van der Waals surface area contributed by atoms with Crippen LogP contribution in [0.4, 0.5) is 20.3 Å². The van der Waals surface area contributed by atoms with E-state index in [-0.39, 0.29) is 11.8 Å². The summed E-state index contributed by atoms with van der Waals surface area (Å²) in [5.74, 6) is 0.517. The summed E-state index contributed by atoms with van der Waals surface area (Å²) in [5, 5.41) is 0.605. The first kappa shape index (κ1) is 18.1. The van der Waals surface area contributed by atoms with Crippen LogP contribution < -0.4 is 9.29 Å². The standard InChI is InChI=1S/C21H18BClF2N4/c1-2-13-27-19(16-7-10-17(23)11-8-16)14-28-21(27)26-20-12-9-15-5-3-4-6-18(15)29(20)22(28,24)25/h3-12,14H,2,13H2,1H3. The zero-order valence-corrected chi connectivity index (χ0v) is 16.5. The molecule has 3 aromatic rings. The van der Waals surface area contributed by atoms with Gasteiger partial charge in [-0.05, 0) is 54.5 Å². The summed E-state index contributed by atoms with van der Waals surface area (Å²) < 4.78 is 34.5. The number of hydrogen-bond acceptors (Lipinski definition) is 2. The highest BCUT2D eigenvalue weighted by Gasteiger charge is 2.50. The number of aliphatic imine (C=N–C) groups is 1. The number of hydrogen-bond donors (Lipinski definition) is 0. The topological polar surface area (TPSA) is 24.4 Å². The number of para-hydroxylation sites is 1. The van der Waals surface area contributed by atoms with Crippen LogP contribution in [-0.2, 0) is 6.54 Å². The summed E-state index contributed by atoms with van der Waals surface area (Å²) in [7, 11) is 0. The van der Waals surface area contributed by atoms with Gasteiger partial charge in [-0.1, -0.05) is 41.7 Å². The van der Waals surface area contributed by atoms with Gasteiger partial charge in [0, 0.05) is 16.3 Å². The summed E-state index contributed by atoms with van der Waals surface area (Å²) >= 11 is 6.01. The number of nitrogens with zero attached hydrogens (tertiary/aromatic N) is 4. The average Bonchev–Trinajstić information content (AvgIpc) is 3.08. The van der Waals surface area contributed by atoms with E-state index in [9.17, 15) is 0 Å². The first-order valence-electron chi connectivity index (χ1n) is 9.59. The summed E-state index contributed by atoms with van der Waals surface area (Å²) in [6.45, 7) is -1.50. The molecule has 146 valence electrons. The summed E-state index contributed by atoms with van der Waals surface area (Å²) in [5.41, 5.74) is 2.74. The molecule has 0 amide bonds. The number of fused-ring (bicyclic) bond motifs is 4. The normalized spacial score (nSPS) is 16.1. The molecule has 0 aliphatic carbocycles. The lowest BCUT2D eigenvalue weighted by molar-refractivity contribution is -0.552. The van der Waals surface area contributed by atoms with E-state index in [0.29, 0.717) is 22.9 Å². The van der Waals surface area contributed by atoms with E-state index in [1.54, 1.807) is 30.3 Å². The van der Waals surface area contributed by atoms with E-state index >= 15 is 8.63 Å². The second-order valence-corrected chi connectivity index (χ2v) is 7.64. The monoisotopic (exact) mass is 410 g/mol. The molecule has 29 heavy (non-hydrogen) atoms. The van der Waals surface area contributed by atoms with Gasteiger partial charge >= 0.3 is 12.9 Å². The van der Waals surface area contributed by atoms with Gasteiger partial charge in [-0.3, -0.25) is 0 Å². The number of rotatable bonds is 3. The van der Waals surface area contributed by atoms with Crippen LogP contribution in [0.3, 0.4) is 0 Å². The van der Waals surface area contributed by atoms with Crippen LogP contribution in [-0.4, -0.2) is 17.4 Å². The lowest BCUT2D eigenvalue weighted by Crippen LogP contribution is -2.72. The van der Waals surface area contributed by atoms with Gasteiger partial charge in [-0.2, -0.15) is 0 Å². The Kier molecular flexibility index (Phi) is 4.10. The van der Waals surface area contributed by atoms with Crippen molar-refractivity contribution in [2.24, 2.45) is 4.99 Å². The van der Waals surface area contributed by atoms with E-state index in [0.717, 1.165) is 26.8 Å². The maximum atomic E-state index is 15.8. The van der Waals surface area contributed by atoms with E-state index < -0.39 is 6.97 Å². The lowest BCUT2D eigenvalue weighted by atomic mass is 9.87. The fourth-order valence-electron chi connectivity index (χ4n) is 4.01. The molecule has 0 saturated heterocycles. The van der Waals surface area contributed by atoms with E-state index in [2.05, 4.69) is 4.99 Å². The molecule has 2 aliphatic heterocycles. The minimum Gasteiger partial charge on any atom is -0.422 e. The van der Waals surface area contributed by atoms with Crippen molar-refractivity contribution in [2.75, 3.05) is 4.81 Å². The molecule has 0 saturated carbocycles. The molecule has 0 spiro atoms. The Labute approximate surface area is 172 Å². The number of anilines is 1. The van der Waals surface area contributed by atoms with Crippen LogP contribution >= 0.6 is 11.6 Å². The molecule has 0 N–H and O–H groups in total. The third-order valence-corrected chi connectivity index (χ3v) is 5.58. The second-order valence-electron chi connectivity index (χ2n) is 7.20. The molecule has 0 bridgehead atoms. The number of aromatic nitrogens is 2. The van der Waals surface area contributed by atoms with Crippen molar-refractivity contribution >= 4 is 42.1 Å². The SMILES string of the molecule is CCCn1c(-c2ccc(Cl)cc2)c[n+]2c1N=C1C=Cc3ccccc3N1[B-]2(F)F. The van der Waals surface area contributed by atoms with Crippen molar-refractivity contribution < 1.29 is 13.1 Å². The first-order valence-corrected chi connectivity index (χ1v) is 9.96. The molecule has 0 unspecified atom stereocenters. The van der Waals surface area contributed by atoms with E-state index in [1.807, 2.05) is 41.8 Å². The van der Waals surface area contributed by atoms with Gasteiger partial charge in [0.25, 0.3) is 0 Å². The molecule has 0 fully saturated rings. The van der Waals surface area contributed by atoms with Gasteiger partial charge in [0.2, 0.25) is 0 Å². The van der Waals surface area contributed by atoms with Gasteiger partial charge in [-0.25, -0.2) is 4.57 Å². The lowest BCUT2D eigenvalue weighted by Gasteiger charge is -2.41. The summed E-state index contributed by atoms with van der Waals surface area (Å²) in [4.78, 5) is 5.70. The maximum Gasteiger partial charge on any atom is 0.609 e. The zero-order chi connectivity index (χ0) is 20.2. The van der Waals surface area contributed by atoms with Crippen molar-refractivity contribution in [3.8, 4) is 11.3 Å². The fourth-order valence-corrected chi connectivity index (χ4v) is 4.13. The highest BCUT2D eigenvalue weighted by atomic mass is 35.5. The fraction of sp³-hybridized carbons (Fsp3) is 0.143. The van der Waals surface area contributed by atoms with Crippen molar-refractivity contribution in [1.82, 2.24) is 4.57 Å². The molecular weight excluding hydrogens is 393 g/mol. The van der Waals surface area contributed by atoms with Crippen LogP contribution in [0.15, 0.2) is 65.8 Å². The van der Waals surface area contributed by atoms with Gasteiger partial charge in [0.15, 0.2) is 5.84 Å². The maximum absolute atomic E-state index is 15.8. The molecule has 4 nitrogen and oxygen atoms in total. The third kappa shape index (κ3) is 2.72. The second kappa shape index (κ2) is 6.56. The van der Waals surface area contributed by atoms with E-state index in [1.165, 1.54) is 6.20 Å². The molecule has 0 atom stereocenters. The number of amidine groups is 1. The summed E-state index contributed by atoms with van der Waals surface area (Å²) in [6.07, 6.45) is 5.80. The molecule has 5 rings (SSSR count). The van der Waals surface area contributed by atoms with Crippen molar-refractivity contribution in [3.05, 3.63) is 71.4 Å². The number of imidazole rings is 1. The Hall–Kier alpha value is -2.93. The smallest absolute Gasteiger partial charge is 0.422 e.